The monoisotopic (exact) mass is 312 g/mol. The standard InChI is InChI=1S/C16H20N6O/c1-2-3-7-16(20-21-16)8-6-15(23)19-13-11-17-12-14(18-13)22-9-4-5-10-22/h1,11-12H,3-10H2,(H,18,19,23). The lowest BCUT2D eigenvalue weighted by molar-refractivity contribution is -0.116. The molecule has 2 aliphatic rings. The highest BCUT2D eigenvalue weighted by Crippen LogP contribution is 2.37. The zero-order valence-corrected chi connectivity index (χ0v) is 13.0. The fraction of sp³-hybridized carbons (Fsp3) is 0.562. The summed E-state index contributed by atoms with van der Waals surface area (Å²) >= 11 is 0. The third-order valence-corrected chi connectivity index (χ3v) is 4.12. The predicted molar refractivity (Wildman–Crippen MR) is 87.0 cm³/mol. The molecule has 0 aliphatic carbocycles. The summed E-state index contributed by atoms with van der Waals surface area (Å²) in [5, 5.41) is 10.9. The fourth-order valence-electron chi connectivity index (χ4n) is 2.70. The molecule has 7 nitrogen and oxygen atoms in total. The van der Waals surface area contributed by atoms with Crippen LogP contribution in [0.3, 0.4) is 0 Å². The van der Waals surface area contributed by atoms with E-state index in [0.717, 1.165) is 18.9 Å². The molecule has 0 spiro atoms. The molecule has 1 aromatic rings. The molecule has 2 aliphatic heterocycles. The van der Waals surface area contributed by atoms with Gasteiger partial charge in [-0.2, -0.15) is 10.2 Å². The maximum absolute atomic E-state index is 12.1. The number of hydrogen-bond acceptors (Lipinski definition) is 6. The molecule has 0 saturated carbocycles. The van der Waals surface area contributed by atoms with Crippen molar-refractivity contribution >= 4 is 17.5 Å². The molecule has 1 fully saturated rings. The van der Waals surface area contributed by atoms with Gasteiger partial charge in [0.2, 0.25) is 5.91 Å². The van der Waals surface area contributed by atoms with Gasteiger partial charge in [-0.15, -0.1) is 12.3 Å². The van der Waals surface area contributed by atoms with Gasteiger partial charge in [0.05, 0.1) is 12.4 Å². The molecule has 3 rings (SSSR count). The smallest absolute Gasteiger partial charge is 0.225 e. The van der Waals surface area contributed by atoms with E-state index in [1.54, 1.807) is 12.4 Å². The molecular formula is C16H20N6O. The molecule has 1 amide bonds. The SMILES string of the molecule is C#CCCC1(CCC(=O)Nc2cncc(N3CCCC3)n2)N=N1. The number of carbonyl (C=O) groups is 1. The van der Waals surface area contributed by atoms with Crippen LogP contribution in [0.15, 0.2) is 22.6 Å². The molecule has 1 aromatic heterocycles. The van der Waals surface area contributed by atoms with Crippen molar-refractivity contribution in [3.63, 3.8) is 0 Å². The Hall–Kier alpha value is -2.49. The number of nitrogens with zero attached hydrogens (tertiary/aromatic N) is 5. The average Bonchev–Trinajstić information content (AvgIpc) is 3.11. The Bertz CT molecular complexity index is 638. The fourth-order valence-corrected chi connectivity index (χ4v) is 2.70. The minimum Gasteiger partial charge on any atom is -0.355 e. The van der Waals surface area contributed by atoms with E-state index in [1.165, 1.54) is 12.8 Å². The molecule has 23 heavy (non-hydrogen) atoms. The summed E-state index contributed by atoms with van der Waals surface area (Å²) in [5.74, 6) is 3.78. The van der Waals surface area contributed by atoms with E-state index >= 15 is 0 Å². The lowest BCUT2D eigenvalue weighted by Crippen LogP contribution is -2.21. The van der Waals surface area contributed by atoms with Gasteiger partial charge in [0, 0.05) is 38.8 Å². The summed E-state index contributed by atoms with van der Waals surface area (Å²) in [4.78, 5) is 22.9. The third kappa shape index (κ3) is 4.03. The minimum absolute atomic E-state index is 0.102. The van der Waals surface area contributed by atoms with Crippen LogP contribution in [-0.4, -0.2) is 34.6 Å². The molecule has 0 radical (unpaired) electrons. The lowest BCUT2D eigenvalue weighted by atomic mass is 10.0. The number of nitrogens with one attached hydrogen (secondary N) is 1. The molecule has 0 bridgehead atoms. The van der Waals surface area contributed by atoms with Gasteiger partial charge in [-0.05, 0) is 12.8 Å². The van der Waals surface area contributed by atoms with Crippen molar-refractivity contribution in [3.05, 3.63) is 12.4 Å². The minimum atomic E-state index is -0.424. The Kier molecular flexibility index (Phi) is 4.51. The van der Waals surface area contributed by atoms with Crippen molar-refractivity contribution in [1.29, 1.82) is 0 Å². The molecule has 120 valence electrons. The van der Waals surface area contributed by atoms with Gasteiger partial charge < -0.3 is 10.2 Å². The molecule has 1 N–H and O–H groups in total. The highest BCUT2D eigenvalue weighted by atomic mass is 16.1. The second kappa shape index (κ2) is 6.73. The first-order valence-corrected chi connectivity index (χ1v) is 7.95. The van der Waals surface area contributed by atoms with Gasteiger partial charge in [0.25, 0.3) is 0 Å². The number of carbonyl (C=O) groups excluding carboxylic acids is 1. The predicted octanol–water partition coefficient (Wildman–Crippen LogP) is 2.37. The van der Waals surface area contributed by atoms with E-state index in [0.29, 0.717) is 31.5 Å². The van der Waals surface area contributed by atoms with E-state index in [9.17, 15) is 4.79 Å². The largest absolute Gasteiger partial charge is 0.355 e. The van der Waals surface area contributed by atoms with Crippen LogP contribution in [0, 0.1) is 12.3 Å². The number of aromatic nitrogens is 2. The normalized spacial score (nSPS) is 17.8. The summed E-state index contributed by atoms with van der Waals surface area (Å²) < 4.78 is 0. The van der Waals surface area contributed by atoms with E-state index in [4.69, 9.17) is 6.42 Å². The zero-order chi connectivity index (χ0) is 16.1. The Morgan fingerprint density at radius 3 is 2.78 bits per heavy atom. The van der Waals surface area contributed by atoms with Crippen LogP contribution in [0.5, 0.6) is 0 Å². The Morgan fingerprint density at radius 2 is 2.09 bits per heavy atom. The highest BCUT2D eigenvalue weighted by molar-refractivity contribution is 5.89. The topological polar surface area (TPSA) is 82.8 Å². The summed E-state index contributed by atoms with van der Waals surface area (Å²) in [6, 6.07) is 0. The Balaban J connectivity index is 1.50. The first kappa shape index (κ1) is 15.4. The van der Waals surface area contributed by atoms with Gasteiger partial charge in [-0.25, -0.2) is 4.98 Å². The number of anilines is 2. The average molecular weight is 312 g/mol. The van der Waals surface area contributed by atoms with Crippen LogP contribution in [0.25, 0.3) is 0 Å². The van der Waals surface area contributed by atoms with E-state index in [2.05, 4.69) is 36.3 Å². The first-order chi connectivity index (χ1) is 11.2. The third-order valence-electron chi connectivity index (χ3n) is 4.12. The quantitative estimate of drug-likeness (QED) is 0.784. The van der Waals surface area contributed by atoms with Crippen molar-refractivity contribution < 1.29 is 4.79 Å². The summed E-state index contributed by atoms with van der Waals surface area (Å²) in [6.45, 7) is 1.99. The first-order valence-electron chi connectivity index (χ1n) is 7.95. The van der Waals surface area contributed by atoms with Crippen LogP contribution in [0.2, 0.25) is 0 Å². The molecule has 0 atom stereocenters. The van der Waals surface area contributed by atoms with Gasteiger partial charge in [0.15, 0.2) is 11.5 Å². The van der Waals surface area contributed by atoms with E-state index in [-0.39, 0.29) is 5.91 Å². The van der Waals surface area contributed by atoms with Gasteiger partial charge in [-0.1, -0.05) is 0 Å². The molecule has 0 aromatic carbocycles. The molecule has 1 saturated heterocycles. The summed E-state index contributed by atoms with van der Waals surface area (Å²) in [6.07, 6.45) is 13.2. The van der Waals surface area contributed by atoms with Crippen LogP contribution in [-0.2, 0) is 4.79 Å². The van der Waals surface area contributed by atoms with Crippen molar-refractivity contribution in [2.24, 2.45) is 10.2 Å². The second-order valence-electron chi connectivity index (χ2n) is 5.89. The Morgan fingerprint density at radius 1 is 1.30 bits per heavy atom. The van der Waals surface area contributed by atoms with Crippen LogP contribution < -0.4 is 10.2 Å². The molecule has 3 heterocycles. The lowest BCUT2D eigenvalue weighted by Gasteiger charge is -2.16. The maximum atomic E-state index is 12.1. The van der Waals surface area contributed by atoms with Crippen molar-refractivity contribution in [2.75, 3.05) is 23.3 Å². The number of hydrogen-bond donors (Lipinski definition) is 1. The van der Waals surface area contributed by atoms with Crippen molar-refractivity contribution in [3.8, 4) is 12.3 Å². The van der Waals surface area contributed by atoms with Gasteiger partial charge >= 0.3 is 0 Å². The molecule has 0 unspecified atom stereocenters. The number of terminal acetylenes is 1. The van der Waals surface area contributed by atoms with Gasteiger partial charge in [-0.3, -0.25) is 9.78 Å². The number of amides is 1. The van der Waals surface area contributed by atoms with Crippen molar-refractivity contribution in [1.82, 2.24) is 9.97 Å². The maximum Gasteiger partial charge on any atom is 0.225 e. The highest BCUT2D eigenvalue weighted by Gasteiger charge is 2.39. The van der Waals surface area contributed by atoms with Crippen LogP contribution >= 0.6 is 0 Å². The van der Waals surface area contributed by atoms with Crippen LogP contribution in [0.4, 0.5) is 11.6 Å². The molecular weight excluding hydrogens is 292 g/mol. The van der Waals surface area contributed by atoms with Crippen molar-refractivity contribution in [2.45, 2.75) is 44.2 Å². The second-order valence-corrected chi connectivity index (χ2v) is 5.89. The van der Waals surface area contributed by atoms with Crippen LogP contribution in [0.1, 0.15) is 38.5 Å². The zero-order valence-electron chi connectivity index (χ0n) is 13.0. The summed E-state index contributed by atoms with van der Waals surface area (Å²) in [5.41, 5.74) is -0.424. The van der Waals surface area contributed by atoms with E-state index in [1.807, 2.05) is 0 Å². The van der Waals surface area contributed by atoms with E-state index < -0.39 is 5.66 Å². The summed E-state index contributed by atoms with van der Waals surface area (Å²) in [7, 11) is 0. The van der Waals surface area contributed by atoms with Gasteiger partial charge in [0.1, 0.15) is 5.82 Å². The molecule has 7 heteroatoms. The Labute approximate surface area is 135 Å². The number of rotatable bonds is 7.